The van der Waals surface area contributed by atoms with Gasteiger partial charge in [0.15, 0.2) is 0 Å². The number of nitrogen functional groups attached to an aromatic ring is 1. The predicted octanol–water partition coefficient (Wildman–Crippen LogP) is 1.90. The molecule has 0 spiro atoms. The van der Waals surface area contributed by atoms with Gasteiger partial charge in [-0.1, -0.05) is 0 Å². The number of anilines is 1. The summed E-state index contributed by atoms with van der Waals surface area (Å²) in [6, 6.07) is 4.66. The zero-order chi connectivity index (χ0) is 15.6. The summed E-state index contributed by atoms with van der Waals surface area (Å²) < 4.78 is 29.9. The molecule has 6 nitrogen and oxygen atoms in total. The van der Waals surface area contributed by atoms with Crippen LogP contribution in [0.1, 0.15) is 12.5 Å². The van der Waals surface area contributed by atoms with Crippen LogP contribution in [0.2, 0.25) is 0 Å². The third-order valence-corrected chi connectivity index (χ3v) is 5.38. The van der Waals surface area contributed by atoms with Gasteiger partial charge in [-0.15, -0.1) is 0 Å². The van der Waals surface area contributed by atoms with Crippen molar-refractivity contribution in [2.45, 2.75) is 31.3 Å². The minimum absolute atomic E-state index is 0.190. The van der Waals surface area contributed by atoms with Crippen LogP contribution in [0.4, 0.5) is 5.69 Å². The van der Waals surface area contributed by atoms with E-state index in [1.807, 2.05) is 0 Å². The molecular formula is C13H17BrN4O2S. The minimum atomic E-state index is -3.62. The number of aryl methyl sites for hydroxylation is 1. The lowest BCUT2D eigenvalue weighted by molar-refractivity contribution is 0.493. The van der Waals surface area contributed by atoms with Gasteiger partial charge in [0.2, 0.25) is 10.0 Å². The first-order chi connectivity index (χ1) is 9.79. The zero-order valence-corrected chi connectivity index (χ0v) is 14.1. The number of nitrogens with one attached hydrogen (secondary N) is 1. The van der Waals surface area contributed by atoms with Crippen molar-refractivity contribution in [3.05, 3.63) is 40.6 Å². The molecule has 0 aliphatic carbocycles. The summed E-state index contributed by atoms with van der Waals surface area (Å²) in [6.07, 6.45) is 3.44. The lowest BCUT2D eigenvalue weighted by Crippen LogP contribution is -2.36. The van der Waals surface area contributed by atoms with Crippen molar-refractivity contribution in [3.8, 4) is 0 Å². The molecular weight excluding hydrogens is 356 g/mol. The molecule has 0 bridgehead atoms. The number of halogens is 1. The Morgan fingerprint density at radius 1 is 1.48 bits per heavy atom. The van der Waals surface area contributed by atoms with Crippen LogP contribution in [0.25, 0.3) is 0 Å². The van der Waals surface area contributed by atoms with Crippen LogP contribution in [0.3, 0.4) is 0 Å². The smallest absolute Gasteiger partial charge is 0.241 e. The normalized spacial score (nSPS) is 13.3. The first-order valence-electron chi connectivity index (χ1n) is 6.35. The highest BCUT2D eigenvalue weighted by Gasteiger charge is 2.21. The number of hydrogen-bond acceptors (Lipinski definition) is 4. The van der Waals surface area contributed by atoms with Crippen LogP contribution in [0.5, 0.6) is 0 Å². The van der Waals surface area contributed by atoms with Gasteiger partial charge in [-0.25, -0.2) is 13.1 Å². The molecule has 21 heavy (non-hydrogen) atoms. The van der Waals surface area contributed by atoms with Gasteiger partial charge < -0.3 is 5.73 Å². The summed E-state index contributed by atoms with van der Waals surface area (Å²) >= 11 is 3.29. The van der Waals surface area contributed by atoms with Gasteiger partial charge >= 0.3 is 0 Å². The van der Waals surface area contributed by atoms with E-state index in [1.165, 1.54) is 6.07 Å². The van der Waals surface area contributed by atoms with Crippen LogP contribution in [-0.2, 0) is 16.6 Å². The summed E-state index contributed by atoms with van der Waals surface area (Å²) in [4.78, 5) is 0.190. The molecule has 2 aromatic rings. The van der Waals surface area contributed by atoms with Gasteiger partial charge in [0.05, 0.1) is 11.4 Å². The van der Waals surface area contributed by atoms with Gasteiger partial charge in [0.1, 0.15) is 0 Å². The van der Waals surface area contributed by atoms with E-state index in [0.29, 0.717) is 22.3 Å². The summed E-state index contributed by atoms with van der Waals surface area (Å²) in [5.74, 6) is 0. The highest BCUT2D eigenvalue weighted by molar-refractivity contribution is 9.10. The van der Waals surface area contributed by atoms with Crippen molar-refractivity contribution in [2.24, 2.45) is 0 Å². The molecule has 114 valence electrons. The fourth-order valence-electron chi connectivity index (χ4n) is 2.01. The fourth-order valence-corrected chi connectivity index (χ4v) is 3.97. The summed E-state index contributed by atoms with van der Waals surface area (Å²) in [5, 5.41) is 4.06. The first kappa shape index (κ1) is 16.0. The summed E-state index contributed by atoms with van der Waals surface area (Å²) in [7, 11) is -3.62. The molecule has 0 saturated heterocycles. The van der Waals surface area contributed by atoms with Gasteiger partial charge in [-0.3, -0.25) is 4.68 Å². The maximum Gasteiger partial charge on any atom is 0.241 e. The van der Waals surface area contributed by atoms with Gasteiger partial charge in [0, 0.05) is 28.6 Å². The largest absolute Gasteiger partial charge is 0.398 e. The molecule has 0 radical (unpaired) electrons. The Morgan fingerprint density at radius 2 is 2.19 bits per heavy atom. The molecule has 1 aromatic carbocycles. The molecule has 0 aliphatic rings. The highest BCUT2D eigenvalue weighted by atomic mass is 79.9. The van der Waals surface area contributed by atoms with E-state index in [9.17, 15) is 8.42 Å². The van der Waals surface area contributed by atoms with Crippen molar-refractivity contribution in [1.29, 1.82) is 0 Å². The number of hydrogen-bond donors (Lipinski definition) is 2. The molecule has 0 saturated carbocycles. The third kappa shape index (κ3) is 3.84. The molecule has 0 fully saturated rings. The average Bonchev–Trinajstić information content (AvgIpc) is 2.85. The maximum absolute atomic E-state index is 12.4. The number of aromatic nitrogens is 2. The molecule has 2 rings (SSSR count). The lowest BCUT2D eigenvalue weighted by Gasteiger charge is -2.16. The number of nitrogens with zero attached hydrogens (tertiary/aromatic N) is 2. The standard InChI is InChI=1S/C13H17BrN4O2S/c1-9-6-11(14)12(15)7-13(9)21(19,20)17-10(2)8-18-5-3-4-16-18/h3-7,10,17H,8,15H2,1-2H3. The highest BCUT2D eigenvalue weighted by Crippen LogP contribution is 2.26. The fraction of sp³-hybridized carbons (Fsp3) is 0.308. The summed E-state index contributed by atoms with van der Waals surface area (Å²) in [5.41, 5.74) is 6.80. The Morgan fingerprint density at radius 3 is 2.81 bits per heavy atom. The number of sulfonamides is 1. The van der Waals surface area contributed by atoms with Crippen LogP contribution in [-0.4, -0.2) is 24.2 Å². The minimum Gasteiger partial charge on any atom is -0.398 e. The van der Waals surface area contributed by atoms with Crippen molar-refractivity contribution in [3.63, 3.8) is 0 Å². The Kier molecular flexibility index (Phi) is 4.70. The number of benzene rings is 1. The molecule has 8 heteroatoms. The van der Waals surface area contributed by atoms with E-state index in [1.54, 1.807) is 43.1 Å². The van der Waals surface area contributed by atoms with Gasteiger partial charge in [-0.05, 0) is 53.5 Å². The third-order valence-electron chi connectivity index (χ3n) is 2.96. The van der Waals surface area contributed by atoms with E-state index in [4.69, 9.17) is 5.73 Å². The van der Waals surface area contributed by atoms with Gasteiger partial charge in [-0.2, -0.15) is 5.10 Å². The molecule has 1 aromatic heterocycles. The van der Waals surface area contributed by atoms with Crippen molar-refractivity contribution in [1.82, 2.24) is 14.5 Å². The second kappa shape index (κ2) is 6.17. The number of rotatable bonds is 5. The molecule has 0 amide bonds. The Labute approximate surface area is 132 Å². The van der Waals surface area contributed by atoms with E-state index in [0.717, 1.165) is 0 Å². The van der Waals surface area contributed by atoms with Crippen LogP contribution >= 0.6 is 15.9 Å². The molecule has 1 unspecified atom stereocenters. The van der Waals surface area contributed by atoms with Crippen molar-refractivity contribution < 1.29 is 8.42 Å². The number of nitrogens with two attached hydrogens (primary N) is 1. The van der Waals surface area contributed by atoms with Crippen molar-refractivity contribution >= 4 is 31.6 Å². The topological polar surface area (TPSA) is 90.0 Å². The lowest BCUT2D eigenvalue weighted by atomic mass is 10.2. The second-order valence-electron chi connectivity index (χ2n) is 4.89. The Bertz CT molecular complexity index is 729. The molecule has 0 aliphatic heterocycles. The maximum atomic E-state index is 12.4. The molecule has 1 atom stereocenters. The van der Waals surface area contributed by atoms with Crippen LogP contribution < -0.4 is 10.5 Å². The Balaban J connectivity index is 2.20. The monoisotopic (exact) mass is 372 g/mol. The first-order valence-corrected chi connectivity index (χ1v) is 8.62. The van der Waals surface area contributed by atoms with E-state index in [2.05, 4.69) is 25.8 Å². The van der Waals surface area contributed by atoms with Crippen molar-refractivity contribution in [2.75, 3.05) is 5.73 Å². The van der Waals surface area contributed by atoms with Crippen LogP contribution in [0.15, 0.2) is 40.0 Å². The SMILES string of the molecule is Cc1cc(Br)c(N)cc1S(=O)(=O)NC(C)Cn1cccn1. The van der Waals surface area contributed by atoms with E-state index >= 15 is 0 Å². The Hall–Kier alpha value is -1.38. The van der Waals surface area contributed by atoms with E-state index < -0.39 is 10.0 Å². The average molecular weight is 373 g/mol. The predicted molar refractivity (Wildman–Crippen MR) is 85.3 cm³/mol. The second-order valence-corrected chi connectivity index (χ2v) is 7.43. The zero-order valence-electron chi connectivity index (χ0n) is 11.7. The summed E-state index contributed by atoms with van der Waals surface area (Å²) in [6.45, 7) is 3.98. The quantitative estimate of drug-likeness (QED) is 0.784. The molecule has 3 N–H and O–H groups in total. The van der Waals surface area contributed by atoms with Gasteiger partial charge in [0.25, 0.3) is 0 Å². The van der Waals surface area contributed by atoms with Crippen LogP contribution in [0, 0.1) is 6.92 Å². The molecule has 1 heterocycles. The van der Waals surface area contributed by atoms with E-state index in [-0.39, 0.29) is 10.9 Å².